The molecule has 0 aromatic heterocycles. The maximum Gasteiger partial charge on any atom is 0.266 e. The number of fused-ring (bicyclic) bond motifs is 1. The molecule has 3 rings (SSSR count). The van der Waals surface area contributed by atoms with Crippen LogP contribution in [0.1, 0.15) is 33.2 Å². The van der Waals surface area contributed by atoms with E-state index in [1.54, 1.807) is 36.4 Å². The summed E-state index contributed by atoms with van der Waals surface area (Å²) in [5.74, 6) is -0.670. The van der Waals surface area contributed by atoms with E-state index in [2.05, 4.69) is 0 Å². The van der Waals surface area contributed by atoms with Gasteiger partial charge in [0.2, 0.25) is 0 Å². The second-order valence-corrected chi connectivity index (χ2v) is 4.99. The van der Waals surface area contributed by atoms with Gasteiger partial charge in [-0.3, -0.25) is 9.59 Å². The number of anilines is 3. The quantitative estimate of drug-likeness (QED) is 0.652. The first-order valence-electron chi connectivity index (χ1n) is 6.69. The van der Waals surface area contributed by atoms with E-state index < -0.39 is 0 Å². The van der Waals surface area contributed by atoms with Gasteiger partial charge < -0.3 is 11.5 Å². The average Bonchev–Trinajstić information content (AvgIpc) is 2.71. The van der Waals surface area contributed by atoms with Gasteiger partial charge in [0.1, 0.15) is 0 Å². The molecule has 1 heterocycles. The fourth-order valence-corrected chi connectivity index (χ4v) is 2.58. The normalized spacial score (nSPS) is 13.7. The molecule has 21 heavy (non-hydrogen) atoms. The number of nitrogen functional groups attached to an aromatic ring is 2. The topological polar surface area (TPSA) is 89.4 Å². The van der Waals surface area contributed by atoms with E-state index in [4.69, 9.17) is 11.5 Å². The fourth-order valence-electron chi connectivity index (χ4n) is 2.58. The van der Waals surface area contributed by atoms with Crippen LogP contribution in [0.25, 0.3) is 0 Å². The van der Waals surface area contributed by atoms with Crippen LogP contribution in [0, 0.1) is 0 Å². The molecule has 1 aliphatic rings. The molecule has 5 heteroatoms. The summed E-state index contributed by atoms with van der Waals surface area (Å²) in [4.78, 5) is 26.2. The van der Waals surface area contributed by atoms with Gasteiger partial charge in [-0.25, -0.2) is 4.90 Å². The molecule has 2 aromatic carbocycles. The molecule has 2 aromatic rings. The minimum atomic E-state index is -0.346. The Balaban J connectivity index is 2.14. The summed E-state index contributed by atoms with van der Waals surface area (Å²) in [6, 6.07) is 9.93. The Morgan fingerprint density at radius 2 is 1.52 bits per heavy atom. The molecule has 0 bridgehead atoms. The number of imide groups is 1. The predicted octanol–water partition coefficient (Wildman–Crippen LogP) is 2.21. The highest BCUT2D eigenvalue weighted by Gasteiger charge is 2.37. The SMILES string of the molecule is CCc1cc(N)ccc1N1C(=O)c2ccc(N)cc2C1=O. The molecule has 106 valence electrons. The van der Waals surface area contributed by atoms with Crippen LogP contribution in [-0.2, 0) is 6.42 Å². The number of carbonyl (C=O) groups excluding carboxylic acids is 2. The van der Waals surface area contributed by atoms with Crippen molar-refractivity contribution in [3.63, 3.8) is 0 Å². The third kappa shape index (κ3) is 1.94. The number of nitrogens with zero attached hydrogens (tertiary/aromatic N) is 1. The van der Waals surface area contributed by atoms with Gasteiger partial charge in [-0.05, 0) is 48.4 Å². The van der Waals surface area contributed by atoms with E-state index in [0.717, 1.165) is 5.56 Å². The number of amides is 2. The van der Waals surface area contributed by atoms with E-state index in [9.17, 15) is 9.59 Å². The van der Waals surface area contributed by atoms with Gasteiger partial charge in [-0.1, -0.05) is 6.92 Å². The van der Waals surface area contributed by atoms with Crippen molar-refractivity contribution in [2.45, 2.75) is 13.3 Å². The van der Waals surface area contributed by atoms with E-state index in [-0.39, 0.29) is 11.8 Å². The van der Waals surface area contributed by atoms with E-state index in [1.807, 2.05) is 6.92 Å². The monoisotopic (exact) mass is 281 g/mol. The standard InChI is InChI=1S/C16H15N3O2/c1-2-9-7-10(17)4-6-14(9)19-15(20)12-5-3-11(18)8-13(12)16(19)21/h3-8H,2,17-18H2,1H3. The Morgan fingerprint density at radius 1 is 0.905 bits per heavy atom. The van der Waals surface area contributed by atoms with Crippen LogP contribution in [0.3, 0.4) is 0 Å². The molecular weight excluding hydrogens is 266 g/mol. The maximum atomic E-state index is 12.5. The van der Waals surface area contributed by atoms with E-state index in [0.29, 0.717) is 34.6 Å². The van der Waals surface area contributed by atoms with Crippen molar-refractivity contribution >= 4 is 28.9 Å². The summed E-state index contributed by atoms with van der Waals surface area (Å²) in [6.07, 6.45) is 0.677. The molecule has 0 spiro atoms. The molecule has 0 aliphatic carbocycles. The highest BCUT2D eigenvalue weighted by Crippen LogP contribution is 2.32. The first-order chi connectivity index (χ1) is 10.0. The lowest BCUT2D eigenvalue weighted by molar-refractivity contribution is 0.0926. The van der Waals surface area contributed by atoms with Crippen LogP contribution in [0.2, 0.25) is 0 Å². The molecule has 4 N–H and O–H groups in total. The van der Waals surface area contributed by atoms with Gasteiger partial charge >= 0.3 is 0 Å². The lowest BCUT2D eigenvalue weighted by atomic mass is 10.1. The van der Waals surface area contributed by atoms with Gasteiger partial charge in [0.15, 0.2) is 0 Å². The average molecular weight is 281 g/mol. The lowest BCUT2D eigenvalue weighted by Crippen LogP contribution is -2.30. The van der Waals surface area contributed by atoms with Crippen LogP contribution < -0.4 is 16.4 Å². The summed E-state index contributed by atoms with van der Waals surface area (Å²) in [5, 5.41) is 0. The maximum absolute atomic E-state index is 12.5. The van der Waals surface area contributed by atoms with Gasteiger partial charge in [0, 0.05) is 11.4 Å². The zero-order valence-electron chi connectivity index (χ0n) is 11.6. The molecule has 0 atom stereocenters. The third-order valence-corrected chi connectivity index (χ3v) is 3.64. The number of hydrogen-bond acceptors (Lipinski definition) is 4. The second kappa shape index (κ2) is 4.63. The fraction of sp³-hybridized carbons (Fsp3) is 0.125. The minimum Gasteiger partial charge on any atom is -0.399 e. The molecule has 0 radical (unpaired) electrons. The summed E-state index contributed by atoms with van der Waals surface area (Å²) < 4.78 is 0. The molecule has 0 saturated carbocycles. The van der Waals surface area contributed by atoms with Gasteiger partial charge in [-0.2, -0.15) is 0 Å². The van der Waals surface area contributed by atoms with Crippen LogP contribution in [-0.4, -0.2) is 11.8 Å². The lowest BCUT2D eigenvalue weighted by Gasteiger charge is -2.18. The number of nitrogens with two attached hydrogens (primary N) is 2. The van der Waals surface area contributed by atoms with Gasteiger partial charge in [-0.15, -0.1) is 0 Å². The molecule has 0 unspecified atom stereocenters. The van der Waals surface area contributed by atoms with Crippen molar-refractivity contribution in [2.75, 3.05) is 16.4 Å². The Hall–Kier alpha value is -2.82. The number of carbonyl (C=O) groups is 2. The smallest absolute Gasteiger partial charge is 0.266 e. The Morgan fingerprint density at radius 3 is 2.24 bits per heavy atom. The van der Waals surface area contributed by atoms with Crippen LogP contribution in [0.5, 0.6) is 0 Å². The van der Waals surface area contributed by atoms with Crippen molar-refractivity contribution in [3.05, 3.63) is 53.1 Å². The minimum absolute atomic E-state index is 0.325. The van der Waals surface area contributed by atoms with Crippen LogP contribution in [0.4, 0.5) is 17.1 Å². The van der Waals surface area contributed by atoms with Crippen molar-refractivity contribution in [1.82, 2.24) is 0 Å². The molecule has 1 aliphatic heterocycles. The van der Waals surface area contributed by atoms with Gasteiger partial charge in [0.25, 0.3) is 11.8 Å². The highest BCUT2D eigenvalue weighted by molar-refractivity contribution is 6.34. The van der Waals surface area contributed by atoms with Crippen molar-refractivity contribution in [1.29, 1.82) is 0 Å². The Labute approximate surface area is 122 Å². The molecule has 0 fully saturated rings. The summed E-state index contributed by atoms with van der Waals surface area (Å²) in [6.45, 7) is 1.95. The van der Waals surface area contributed by atoms with Crippen LogP contribution >= 0.6 is 0 Å². The summed E-state index contributed by atoms with van der Waals surface area (Å²) >= 11 is 0. The zero-order valence-corrected chi connectivity index (χ0v) is 11.6. The second-order valence-electron chi connectivity index (χ2n) is 4.99. The van der Waals surface area contributed by atoms with Crippen molar-refractivity contribution < 1.29 is 9.59 Å². The van der Waals surface area contributed by atoms with E-state index in [1.165, 1.54) is 4.90 Å². The molecule has 0 saturated heterocycles. The summed E-state index contributed by atoms with van der Waals surface area (Å²) in [7, 11) is 0. The highest BCUT2D eigenvalue weighted by atomic mass is 16.2. The van der Waals surface area contributed by atoms with Crippen molar-refractivity contribution in [3.8, 4) is 0 Å². The van der Waals surface area contributed by atoms with E-state index >= 15 is 0 Å². The third-order valence-electron chi connectivity index (χ3n) is 3.64. The first-order valence-corrected chi connectivity index (χ1v) is 6.69. The van der Waals surface area contributed by atoms with Gasteiger partial charge in [0.05, 0.1) is 16.8 Å². The Kier molecular flexibility index (Phi) is 2.90. The Bertz CT molecular complexity index is 768. The number of benzene rings is 2. The summed E-state index contributed by atoms with van der Waals surface area (Å²) in [5.41, 5.74) is 14.7. The molecule has 2 amide bonds. The largest absolute Gasteiger partial charge is 0.399 e. The van der Waals surface area contributed by atoms with Crippen LogP contribution in [0.15, 0.2) is 36.4 Å². The molecular formula is C16H15N3O2. The number of rotatable bonds is 2. The van der Waals surface area contributed by atoms with Crippen molar-refractivity contribution in [2.24, 2.45) is 0 Å². The first kappa shape index (κ1) is 13.2. The molecule has 5 nitrogen and oxygen atoms in total. The predicted molar refractivity (Wildman–Crippen MR) is 82.2 cm³/mol. The number of hydrogen-bond donors (Lipinski definition) is 2. The zero-order chi connectivity index (χ0) is 15.1. The number of aryl methyl sites for hydroxylation is 1.